The lowest BCUT2D eigenvalue weighted by atomic mass is 10.1. The van der Waals surface area contributed by atoms with Crippen LogP contribution in [0.2, 0.25) is 0 Å². The Hall–Kier alpha value is -2.75. The van der Waals surface area contributed by atoms with Gasteiger partial charge in [0.1, 0.15) is 12.4 Å². The Morgan fingerprint density at radius 1 is 1.03 bits per heavy atom. The van der Waals surface area contributed by atoms with Crippen LogP contribution in [0.3, 0.4) is 0 Å². The first-order valence-electron chi connectivity index (χ1n) is 10.2. The Labute approximate surface area is 184 Å². The van der Waals surface area contributed by atoms with Gasteiger partial charge in [-0.1, -0.05) is 29.9 Å². The number of rotatable bonds is 4. The number of carbonyl (C=O) groups excluding carboxylic acids is 1. The smallest absolute Gasteiger partial charge is 0.257 e. The molecule has 0 bridgehead atoms. The topological polar surface area (TPSA) is 88.6 Å². The maximum absolute atomic E-state index is 12.8. The Morgan fingerprint density at radius 3 is 2.55 bits per heavy atom. The molecule has 1 amide bonds. The minimum absolute atomic E-state index is 0.212. The lowest BCUT2D eigenvalue weighted by molar-refractivity contribution is 0.102. The molecular formula is C22H21N3O4S2. The van der Waals surface area contributed by atoms with Crippen LogP contribution in [-0.4, -0.2) is 36.7 Å². The first-order valence-corrected chi connectivity index (χ1v) is 12.4. The normalized spacial score (nSPS) is 16.1. The van der Waals surface area contributed by atoms with Crippen molar-refractivity contribution < 1.29 is 17.9 Å². The van der Waals surface area contributed by atoms with Crippen LogP contribution in [0, 0.1) is 0 Å². The lowest BCUT2D eigenvalue weighted by Gasteiger charge is -2.25. The Balaban J connectivity index is 1.32. The maximum Gasteiger partial charge on any atom is 0.257 e. The highest BCUT2D eigenvalue weighted by atomic mass is 32.2. The number of benzene rings is 2. The lowest BCUT2D eigenvalue weighted by Crippen LogP contribution is -2.35. The van der Waals surface area contributed by atoms with Crippen molar-refractivity contribution in [2.24, 2.45) is 0 Å². The number of para-hydroxylation sites is 1. The highest BCUT2D eigenvalue weighted by Gasteiger charge is 2.26. The van der Waals surface area contributed by atoms with Crippen molar-refractivity contribution in [3.63, 3.8) is 0 Å². The van der Waals surface area contributed by atoms with Crippen molar-refractivity contribution in [2.75, 3.05) is 18.4 Å². The zero-order valence-electron chi connectivity index (χ0n) is 16.7. The van der Waals surface area contributed by atoms with E-state index in [1.54, 1.807) is 0 Å². The van der Waals surface area contributed by atoms with E-state index in [0.29, 0.717) is 30.4 Å². The van der Waals surface area contributed by atoms with E-state index >= 15 is 0 Å². The zero-order chi connectivity index (χ0) is 21.4. The summed E-state index contributed by atoms with van der Waals surface area (Å²) in [6, 6.07) is 13.7. The number of sulfonamides is 1. The van der Waals surface area contributed by atoms with Gasteiger partial charge in [-0.25, -0.2) is 13.4 Å². The van der Waals surface area contributed by atoms with E-state index in [2.05, 4.69) is 10.3 Å². The van der Waals surface area contributed by atoms with E-state index in [1.165, 1.54) is 39.9 Å². The van der Waals surface area contributed by atoms with Gasteiger partial charge >= 0.3 is 0 Å². The van der Waals surface area contributed by atoms with Crippen LogP contribution in [0.4, 0.5) is 5.13 Å². The van der Waals surface area contributed by atoms with Gasteiger partial charge in [-0.3, -0.25) is 10.1 Å². The molecule has 160 valence electrons. The fourth-order valence-electron chi connectivity index (χ4n) is 3.85. The van der Waals surface area contributed by atoms with Gasteiger partial charge in [0.25, 0.3) is 5.91 Å². The summed E-state index contributed by atoms with van der Waals surface area (Å²) in [5.74, 6) is 0.450. The molecular weight excluding hydrogens is 434 g/mol. The predicted molar refractivity (Wildman–Crippen MR) is 119 cm³/mol. The third-order valence-electron chi connectivity index (χ3n) is 5.49. The summed E-state index contributed by atoms with van der Waals surface area (Å²) in [4.78, 5) is 18.4. The van der Waals surface area contributed by atoms with Crippen LogP contribution in [0.15, 0.2) is 53.4 Å². The molecule has 0 spiro atoms. The van der Waals surface area contributed by atoms with Crippen LogP contribution in [-0.2, 0) is 16.6 Å². The standard InChI is InChI=1S/C22H21N3O4S2/c26-21(15-8-10-16(11-9-15)31(27,28)25-12-4-1-5-13-25)24-22-23-20-17-6-2-3-7-18(17)29-14-19(20)30-22/h2-3,6-11H,1,4-5,12-14H2,(H,23,24,26). The quantitative estimate of drug-likeness (QED) is 0.639. The fourth-order valence-corrected chi connectivity index (χ4v) is 6.25. The number of anilines is 1. The number of aromatic nitrogens is 1. The summed E-state index contributed by atoms with van der Waals surface area (Å²) < 4.78 is 32.8. The van der Waals surface area contributed by atoms with Crippen LogP contribution in [0.1, 0.15) is 34.5 Å². The fraction of sp³-hybridized carbons (Fsp3) is 0.273. The summed E-state index contributed by atoms with van der Waals surface area (Å²) in [5, 5.41) is 3.31. The van der Waals surface area contributed by atoms with Gasteiger partial charge in [0.05, 0.1) is 15.5 Å². The van der Waals surface area contributed by atoms with Crippen molar-refractivity contribution in [3.8, 4) is 17.0 Å². The SMILES string of the molecule is O=C(Nc1nc2c(s1)COc1ccccc1-2)c1ccc(S(=O)(=O)N2CCCCC2)cc1. The summed E-state index contributed by atoms with van der Waals surface area (Å²) >= 11 is 1.38. The monoisotopic (exact) mass is 455 g/mol. The first-order chi connectivity index (χ1) is 15.0. The average molecular weight is 456 g/mol. The predicted octanol–water partition coefficient (Wildman–Crippen LogP) is 4.13. The third-order valence-corrected chi connectivity index (χ3v) is 8.35. The second-order valence-corrected chi connectivity index (χ2v) is 10.5. The number of amides is 1. The van der Waals surface area contributed by atoms with E-state index in [-0.39, 0.29) is 10.8 Å². The summed E-state index contributed by atoms with van der Waals surface area (Å²) in [6.07, 6.45) is 2.82. The maximum atomic E-state index is 12.8. The van der Waals surface area contributed by atoms with Crippen molar-refractivity contribution >= 4 is 32.4 Å². The summed E-state index contributed by atoms with van der Waals surface area (Å²) in [7, 11) is -3.52. The number of fused-ring (bicyclic) bond motifs is 3. The van der Waals surface area contributed by atoms with Gasteiger partial charge in [-0.15, -0.1) is 0 Å². The van der Waals surface area contributed by atoms with E-state index < -0.39 is 10.0 Å². The molecule has 1 N–H and O–H groups in total. The van der Waals surface area contributed by atoms with E-state index in [0.717, 1.165) is 41.1 Å². The molecule has 0 radical (unpaired) electrons. The molecule has 0 saturated carbocycles. The Kier molecular flexibility index (Phi) is 5.25. The van der Waals surface area contributed by atoms with Gasteiger partial charge in [0.2, 0.25) is 10.0 Å². The van der Waals surface area contributed by atoms with Crippen LogP contribution in [0.25, 0.3) is 11.3 Å². The highest BCUT2D eigenvalue weighted by molar-refractivity contribution is 7.89. The molecule has 3 heterocycles. The number of nitrogens with one attached hydrogen (secondary N) is 1. The number of piperidine rings is 1. The van der Waals surface area contributed by atoms with E-state index in [1.807, 2.05) is 24.3 Å². The molecule has 2 aliphatic heterocycles. The molecule has 1 fully saturated rings. The number of hydrogen-bond acceptors (Lipinski definition) is 6. The van der Waals surface area contributed by atoms with Crippen LogP contribution in [0.5, 0.6) is 5.75 Å². The molecule has 1 saturated heterocycles. The second kappa shape index (κ2) is 8.07. The summed E-state index contributed by atoms with van der Waals surface area (Å²) in [5.41, 5.74) is 2.11. The largest absolute Gasteiger partial charge is 0.487 e. The molecule has 0 aliphatic carbocycles. The van der Waals surface area contributed by atoms with Crippen LogP contribution >= 0.6 is 11.3 Å². The molecule has 2 aliphatic rings. The van der Waals surface area contributed by atoms with E-state index in [4.69, 9.17) is 4.74 Å². The molecule has 0 unspecified atom stereocenters. The Bertz CT molecular complexity index is 1230. The molecule has 3 aromatic rings. The van der Waals surface area contributed by atoms with Crippen molar-refractivity contribution in [1.82, 2.24) is 9.29 Å². The number of carbonyl (C=O) groups is 1. The molecule has 5 rings (SSSR count). The average Bonchev–Trinajstić information content (AvgIpc) is 3.23. The highest BCUT2D eigenvalue weighted by Crippen LogP contribution is 2.40. The molecule has 9 heteroatoms. The van der Waals surface area contributed by atoms with E-state index in [9.17, 15) is 13.2 Å². The number of hydrogen-bond donors (Lipinski definition) is 1. The van der Waals surface area contributed by atoms with Crippen molar-refractivity contribution in [3.05, 3.63) is 59.0 Å². The molecule has 2 aromatic carbocycles. The number of ether oxygens (including phenoxy) is 1. The second-order valence-electron chi connectivity index (χ2n) is 7.52. The molecule has 7 nitrogen and oxygen atoms in total. The third kappa shape index (κ3) is 3.84. The van der Waals surface area contributed by atoms with Gasteiger partial charge in [-0.2, -0.15) is 4.31 Å². The van der Waals surface area contributed by atoms with Crippen molar-refractivity contribution in [1.29, 1.82) is 0 Å². The minimum Gasteiger partial charge on any atom is -0.487 e. The number of nitrogens with zero attached hydrogens (tertiary/aromatic N) is 2. The molecule has 1 aromatic heterocycles. The Morgan fingerprint density at radius 2 is 1.77 bits per heavy atom. The first kappa shape index (κ1) is 20.2. The molecule has 31 heavy (non-hydrogen) atoms. The minimum atomic E-state index is -3.52. The van der Waals surface area contributed by atoms with Gasteiger partial charge in [0.15, 0.2) is 5.13 Å². The number of thiazole rings is 1. The molecule has 0 atom stereocenters. The van der Waals surface area contributed by atoms with Gasteiger partial charge in [-0.05, 0) is 49.2 Å². The van der Waals surface area contributed by atoms with Gasteiger partial charge < -0.3 is 4.74 Å². The summed E-state index contributed by atoms with van der Waals surface area (Å²) in [6.45, 7) is 1.52. The zero-order valence-corrected chi connectivity index (χ0v) is 18.3. The van der Waals surface area contributed by atoms with Crippen molar-refractivity contribution in [2.45, 2.75) is 30.8 Å². The van der Waals surface area contributed by atoms with Gasteiger partial charge in [0, 0.05) is 24.2 Å². The van der Waals surface area contributed by atoms with Crippen LogP contribution < -0.4 is 10.1 Å².